The third-order valence-electron chi connectivity index (χ3n) is 3.45. The number of nitrogens with two attached hydrogens (primary N) is 1. The van der Waals surface area contributed by atoms with Crippen molar-refractivity contribution in [2.45, 2.75) is 51.2 Å². The minimum Gasteiger partial charge on any atom is -0.334 e. The molecule has 0 saturated heterocycles. The van der Waals surface area contributed by atoms with Crippen LogP contribution in [0.25, 0.3) is 0 Å². The van der Waals surface area contributed by atoms with Gasteiger partial charge in [0.2, 0.25) is 5.91 Å². The molecule has 0 bridgehead atoms. The van der Waals surface area contributed by atoms with Crippen molar-refractivity contribution >= 4 is 5.91 Å². The van der Waals surface area contributed by atoms with Crippen molar-refractivity contribution in [3.05, 3.63) is 35.6 Å². The molecule has 1 fully saturated rings. The average molecular weight is 264 g/mol. The molecule has 1 aromatic carbocycles. The zero-order chi connectivity index (χ0) is 13.8. The van der Waals surface area contributed by atoms with Gasteiger partial charge in [0, 0.05) is 12.6 Å². The topological polar surface area (TPSA) is 46.3 Å². The second kappa shape index (κ2) is 6.15. The number of hydrogen-bond donors (Lipinski definition) is 1. The summed E-state index contributed by atoms with van der Waals surface area (Å²) in [4.78, 5) is 14.2. The highest BCUT2D eigenvalue weighted by molar-refractivity contribution is 5.82. The van der Waals surface area contributed by atoms with Gasteiger partial charge >= 0.3 is 0 Å². The molecule has 19 heavy (non-hydrogen) atoms. The third kappa shape index (κ3) is 3.77. The summed E-state index contributed by atoms with van der Waals surface area (Å²) >= 11 is 0. The standard InChI is InChI=1S/C15H21FN2O/c1-2-3-14(17)15(19)18(13-8-9-13)10-11-4-6-12(16)7-5-11/h4-7,13-14H,2-3,8-10,17H2,1H3/t14-/m0/s1. The van der Waals surface area contributed by atoms with Crippen LogP contribution in [0.15, 0.2) is 24.3 Å². The number of halogens is 1. The van der Waals surface area contributed by atoms with E-state index in [0.29, 0.717) is 19.0 Å². The van der Waals surface area contributed by atoms with Crippen LogP contribution in [0, 0.1) is 5.82 Å². The van der Waals surface area contributed by atoms with Gasteiger partial charge in [0.15, 0.2) is 0 Å². The van der Waals surface area contributed by atoms with Crippen molar-refractivity contribution in [1.29, 1.82) is 0 Å². The molecule has 1 amide bonds. The van der Waals surface area contributed by atoms with Gasteiger partial charge < -0.3 is 10.6 Å². The first kappa shape index (κ1) is 14.0. The van der Waals surface area contributed by atoms with Crippen LogP contribution in [0.2, 0.25) is 0 Å². The van der Waals surface area contributed by atoms with Crippen LogP contribution < -0.4 is 5.73 Å². The SMILES string of the molecule is CCC[C@H](N)C(=O)N(Cc1ccc(F)cc1)C1CC1. The smallest absolute Gasteiger partial charge is 0.240 e. The Balaban J connectivity index is 2.04. The molecule has 1 atom stereocenters. The van der Waals surface area contributed by atoms with E-state index in [1.54, 1.807) is 12.1 Å². The van der Waals surface area contributed by atoms with Gasteiger partial charge in [-0.25, -0.2) is 4.39 Å². The summed E-state index contributed by atoms with van der Waals surface area (Å²) in [5, 5.41) is 0. The number of nitrogens with zero attached hydrogens (tertiary/aromatic N) is 1. The van der Waals surface area contributed by atoms with E-state index in [-0.39, 0.29) is 11.7 Å². The zero-order valence-electron chi connectivity index (χ0n) is 11.3. The molecular weight excluding hydrogens is 243 g/mol. The maximum atomic E-state index is 12.9. The lowest BCUT2D eigenvalue weighted by Crippen LogP contribution is -2.44. The normalized spacial score (nSPS) is 16.2. The number of benzene rings is 1. The lowest BCUT2D eigenvalue weighted by Gasteiger charge is -2.25. The zero-order valence-corrected chi connectivity index (χ0v) is 11.3. The van der Waals surface area contributed by atoms with E-state index in [4.69, 9.17) is 5.73 Å². The molecule has 2 rings (SSSR count). The van der Waals surface area contributed by atoms with E-state index < -0.39 is 6.04 Å². The maximum Gasteiger partial charge on any atom is 0.240 e. The van der Waals surface area contributed by atoms with Gasteiger partial charge in [0.1, 0.15) is 5.82 Å². The number of rotatable bonds is 6. The molecule has 3 nitrogen and oxygen atoms in total. The van der Waals surface area contributed by atoms with Gasteiger partial charge in [-0.05, 0) is 37.0 Å². The van der Waals surface area contributed by atoms with Crippen molar-refractivity contribution in [3.63, 3.8) is 0 Å². The Kier molecular flexibility index (Phi) is 4.53. The van der Waals surface area contributed by atoms with Crippen molar-refractivity contribution in [2.75, 3.05) is 0 Å². The fourth-order valence-corrected chi connectivity index (χ4v) is 2.21. The Morgan fingerprint density at radius 1 is 1.42 bits per heavy atom. The van der Waals surface area contributed by atoms with Crippen LogP contribution in [-0.4, -0.2) is 22.9 Å². The molecule has 1 aliphatic rings. The van der Waals surface area contributed by atoms with E-state index in [0.717, 1.165) is 24.8 Å². The maximum absolute atomic E-state index is 12.9. The van der Waals surface area contributed by atoms with Gasteiger partial charge in [0.05, 0.1) is 6.04 Å². The number of carbonyl (C=O) groups is 1. The van der Waals surface area contributed by atoms with Crippen LogP contribution in [0.1, 0.15) is 38.2 Å². The molecule has 0 aromatic heterocycles. The van der Waals surface area contributed by atoms with Crippen LogP contribution in [0.5, 0.6) is 0 Å². The van der Waals surface area contributed by atoms with Crippen molar-refractivity contribution < 1.29 is 9.18 Å². The quantitative estimate of drug-likeness (QED) is 0.857. The Morgan fingerprint density at radius 3 is 2.58 bits per heavy atom. The minimum atomic E-state index is -0.411. The molecule has 1 aromatic rings. The lowest BCUT2D eigenvalue weighted by molar-refractivity contribution is -0.134. The van der Waals surface area contributed by atoms with Gasteiger partial charge in [0.25, 0.3) is 0 Å². The van der Waals surface area contributed by atoms with Crippen LogP contribution >= 0.6 is 0 Å². The minimum absolute atomic E-state index is 0.0219. The van der Waals surface area contributed by atoms with E-state index in [1.807, 2.05) is 11.8 Å². The highest BCUT2D eigenvalue weighted by atomic mass is 19.1. The van der Waals surface area contributed by atoms with Crippen molar-refractivity contribution in [2.24, 2.45) is 5.73 Å². The monoisotopic (exact) mass is 264 g/mol. The van der Waals surface area contributed by atoms with Crippen LogP contribution in [-0.2, 0) is 11.3 Å². The first-order valence-electron chi connectivity index (χ1n) is 6.92. The Labute approximate surface area is 113 Å². The third-order valence-corrected chi connectivity index (χ3v) is 3.45. The number of carbonyl (C=O) groups excluding carboxylic acids is 1. The van der Waals surface area contributed by atoms with Gasteiger partial charge in [-0.2, -0.15) is 0 Å². The van der Waals surface area contributed by atoms with Crippen LogP contribution in [0.3, 0.4) is 0 Å². The van der Waals surface area contributed by atoms with E-state index in [1.165, 1.54) is 12.1 Å². The first-order chi connectivity index (χ1) is 9.11. The van der Waals surface area contributed by atoms with Gasteiger partial charge in [-0.1, -0.05) is 25.5 Å². The molecule has 4 heteroatoms. The second-order valence-electron chi connectivity index (χ2n) is 5.22. The molecule has 1 saturated carbocycles. The highest BCUT2D eigenvalue weighted by Crippen LogP contribution is 2.29. The molecule has 1 aliphatic carbocycles. The molecule has 0 radical (unpaired) electrons. The summed E-state index contributed by atoms with van der Waals surface area (Å²) in [7, 11) is 0. The Hall–Kier alpha value is -1.42. The summed E-state index contributed by atoms with van der Waals surface area (Å²) in [5.74, 6) is -0.232. The second-order valence-corrected chi connectivity index (χ2v) is 5.22. The van der Waals surface area contributed by atoms with Gasteiger partial charge in [-0.15, -0.1) is 0 Å². The molecular formula is C15H21FN2O. The fraction of sp³-hybridized carbons (Fsp3) is 0.533. The predicted octanol–water partition coefficient (Wildman–Crippen LogP) is 2.44. The molecule has 0 unspecified atom stereocenters. The predicted molar refractivity (Wildman–Crippen MR) is 72.9 cm³/mol. The fourth-order valence-electron chi connectivity index (χ4n) is 2.21. The highest BCUT2D eigenvalue weighted by Gasteiger charge is 2.34. The summed E-state index contributed by atoms with van der Waals surface area (Å²) in [6, 6.07) is 6.21. The van der Waals surface area contributed by atoms with Crippen molar-refractivity contribution in [3.8, 4) is 0 Å². The number of hydrogen-bond acceptors (Lipinski definition) is 2. The van der Waals surface area contributed by atoms with Crippen LogP contribution in [0.4, 0.5) is 4.39 Å². The van der Waals surface area contributed by atoms with Crippen molar-refractivity contribution in [1.82, 2.24) is 4.90 Å². The molecule has 2 N–H and O–H groups in total. The molecule has 0 aliphatic heterocycles. The average Bonchev–Trinajstić information content (AvgIpc) is 3.22. The largest absolute Gasteiger partial charge is 0.334 e. The van der Waals surface area contributed by atoms with E-state index in [9.17, 15) is 9.18 Å². The summed E-state index contributed by atoms with van der Waals surface area (Å²) < 4.78 is 12.9. The Bertz CT molecular complexity index is 428. The lowest BCUT2D eigenvalue weighted by atomic mass is 10.1. The molecule has 104 valence electrons. The number of amides is 1. The first-order valence-corrected chi connectivity index (χ1v) is 6.92. The summed E-state index contributed by atoms with van der Waals surface area (Å²) in [6.07, 6.45) is 3.71. The summed E-state index contributed by atoms with van der Waals surface area (Å²) in [6.45, 7) is 2.55. The van der Waals surface area contributed by atoms with E-state index in [2.05, 4.69) is 0 Å². The molecule has 0 heterocycles. The Morgan fingerprint density at radius 2 is 2.05 bits per heavy atom. The summed E-state index contributed by atoms with van der Waals surface area (Å²) in [5.41, 5.74) is 6.87. The van der Waals surface area contributed by atoms with E-state index >= 15 is 0 Å². The van der Waals surface area contributed by atoms with Gasteiger partial charge in [-0.3, -0.25) is 4.79 Å². The molecule has 0 spiro atoms.